The van der Waals surface area contributed by atoms with Crippen LogP contribution in [0.2, 0.25) is 0 Å². The molecule has 0 aliphatic rings. The second-order valence-electron chi connectivity index (χ2n) is 5.62. The van der Waals surface area contributed by atoms with Crippen LogP contribution in [0, 0.1) is 6.92 Å². The molecule has 1 aromatic heterocycles. The molecule has 0 saturated heterocycles. The summed E-state index contributed by atoms with van der Waals surface area (Å²) in [6, 6.07) is 3.34. The van der Waals surface area contributed by atoms with E-state index in [1.807, 2.05) is 19.1 Å². The van der Waals surface area contributed by atoms with Gasteiger partial charge in [0.05, 0.1) is 0 Å². The van der Waals surface area contributed by atoms with Crippen LogP contribution in [0.4, 0.5) is 4.79 Å². The summed E-state index contributed by atoms with van der Waals surface area (Å²) >= 11 is 0. The highest BCUT2D eigenvalue weighted by Gasteiger charge is 2.28. The molecule has 0 radical (unpaired) electrons. The number of rotatable bonds is 4. The largest absolute Gasteiger partial charge is 0.480 e. The maximum Gasteiger partial charge on any atom is 0.323 e. The van der Waals surface area contributed by atoms with Crippen molar-refractivity contribution in [3.8, 4) is 0 Å². The third-order valence-corrected chi connectivity index (χ3v) is 2.76. The van der Waals surface area contributed by atoms with Crippen LogP contribution in [0.15, 0.2) is 18.3 Å². The molecule has 2 N–H and O–H groups in total. The molecule has 0 aromatic carbocycles. The van der Waals surface area contributed by atoms with E-state index in [2.05, 4.69) is 10.3 Å². The second-order valence-corrected chi connectivity index (χ2v) is 5.62. The molecule has 0 bridgehead atoms. The van der Waals surface area contributed by atoms with E-state index in [0.29, 0.717) is 6.54 Å². The molecule has 2 amide bonds. The summed E-state index contributed by atoms with van der Waals surface area (Å²) in [5.41, 5.74) is 1.21. The zero-order valence-corrected chi connectivity index (χ0v) is 12.3. The highest BCUT2D eigenvalue weighted by atomic mass is 16.4. The topological polar surface area (TPSA) is 82.5 Å². The number of carboxylic acid groups (broad SMARTS) is 1. The quantitative estimate of drug-likeness (QED) is 0.880. The van der Waals surface area contributed by atoms with Gasteiger partial charge in [-0.2, -0.15) is 0 Å². The summed E-state index contributed by atoms with van der Waals surface area (Å²) < 4.78 is 0. The molecule has 0 spiro atoms. The third kappa shape index (κ3) is 4.87. The molecule has 6 nitrogen and oxygen atoms in total. The van der Waals surface area contributed by atoms with Crippen molar-refractivity contribution in [2.45, 2.75) is 39.8 Å². The number of carboxylic acids is 1. The molecule has 6 heteroatoms. The Bertz CT molecular complexity index is 477. The summed E-state index contributed by atoms with van der Waals surface area (Å²) in [7, 11) is 0. The Balaban J connectivity index is 2.67. The third-order valence-electron chi connectivity index (χ3n) is 2.76. The average Bonchev–Trinajstić information content (AvgIpc) is 2.33. The Morgan fingerprint density at radius 3 is 2.45 bits per heavy atom. The van der Waals surface area contributed by atoms with Crippen molar-refractivity contribution in [2.75, 3.05) is 6.54 Å². The minimum Gasteiger partial charge on any atom is -0.480 e. The van der Waals surface area contributed by atoms with Crippen molar-refractivity contribution in [3.05, 3.63) is 29.6 Å². The van der Waals surface area contributed by atoms with E-state index in [1.165, 1.54) is 4.90 Å². The van der Waals surface area contributed by atoms with Crippen LogP contribution in [0.5, 0.6) is 0 Å². The number of carbonyl (C=O) groups excluding carboxylic acids is 1. The van der Waals surface area contributed by atoms with Gasteiger partial charge in [0.25, 0.3) is 0 Å². The van der Waals surface area contributed by atoms with Crippen LogP contribution in [0.25, 0.3) is 0 Å². The summed E-state index contributed by atoms with van der Waals surface area (Å²) in [5, 5.41) is 11.6. The molecule has 0 saturated carbocycles. The molecule has 0 aliphatic carbocycles. The summed E-state index contributed by atoms with van der Waals surface area (Å²) in [6.07, 6.45) is 1.69. The maximum absolute atomic E-state index is 12.1. The van der Waals surface area contributed by atoms with Gasteiger partial charge in [-0.05, 0) is 39.3 Å². The zero-order chi connectivity index (χ0) is 15.3. The van der Waals surface area contributed by atoms with Crippen LogP contribution in [-0.2, 0) is 11.3 Å². The first-order valence-electron chi connectivity index (χ1n) is 6.39. The minimum absolute atomic E-state index is 0.318. The van der Waals surface area contributed by atoms with Crippen molar-refractivity contribution in [2.24, 2.45) is 0 Å². The Morgan fingerprint density at radius 2 is 2.00 bits per heavy atom. The molecule has 0 fully saturated rings. The number of aliphatic carboxylic acids is 1. The van der Waals surface area contributed by atoms with Gasteiger partial charge >= 0.3 is 12.0 Å². The normalized spacial score (nSPS) is 11.0. The van der Waals surface area contributed by atoms with E-state index in [4.69, 9.17) is 5.11 Å². The first-order chi connectivity index (χ1) is 9.20. The first-order valence-corrected chi connectivity index (χ1v) is 6.39. The Kier molecular flexibility index (Phi) is 5.07. The SMILES string of the molecule is Cc1ccc(CNC(=O)N(CC(=O)O)C(C)(C)C)cn1. The highest BCUT2D eigenvalue weighted by Crippen LogP contribution is 2.13. The van der Waals surface area contributed by atoms with Crippen LogP contribution in [0.1, 0.15) is 32.0 Å². The molecule has 20 heavy (non-hydrogen) atoms. The van der Waals surface area contributed by atoms with Gasteiger partial charge in [-0.1, -0.05) is 6.07 Å². The van der Waals surface area contributed by atoms with Crippen molar-refractivity contribution in [1.82, 2.24) is 15.2 Å². The summed E-state index contributed by atoms with van der Waals surface area (Å²) in [5.74, 6) is -1.04. The van der Waals surface area contributed by atoms with E-state index in [9.17, 15) is 9.59 Å². The fourth-order valence-corrected chi connectivity index (χ4v) is 1.62. The molecular formula is C14H21N3O3. The maximum atomic E-state index is 12.1. The number of aromatic nitrogens is 1. The number of urea groups is 1. The number of amides is 2. The average molecular weight is 279 g/mol. The lowest BCUT2D eigenvalue weighted by Gasteiger charge is -2.34. The molecule has 1 heterocycles. The number of nitrogens with one attached hydrogen (secondary N) is 1. The second kappa shape index (κ2) is 6.36. The Morgan fingerprint density at radius 1 is 1.35 bits per heavy atom. The van der Waals surface area contributed by atoms with Crippen molar-refractivity contribution >= 4 is 12.0 Å². The Hall–Kier alpha value is -2.11. The summed E-state index contributed by atoms with van der Waals surface area (Å²) in [4.78, 5) is 28.4. The van der Waals surface area contributed by atoms with Gasteiger partial charge in [0.1, 0.15) is 6.54 Å². The van der Waals surface area contributed by atoms with E-state index in [0.717, 1.165) is 11.3 Å². The molecule has 1 rings (SSSR count). The van der Waals surface area contributed by atoms with Gasteiger partial charge in [-0.15, -0.1) is 0 Å². The van der Waals surface area contributed by atoms with Crippen molar-refractivity contribution < 1.29 is 14.7 Å². The lowest BCUT2D eigenvalue weighted by molar-refractivity contribution is -0.138. The van der Waals surface area contributed by atoms with Gasteiger partial charge in [0.15, 0.2) is 0 Å². The lowest BCUT2D eigenvalue weighted by atomic mass is 10.1. The minimum atomic E-state index is -1.04. The molecule has 1 aromatic rings. The van der Waals surface area contributed by atoms with E-state index in [-0.39, 0.29) is 6.54 Å². The van der Waals surface area contributed by atoms with Crippen LogP contribution >= 0.6 is 0 Å². The van der Waals surface area contributed by atoms with Gasteiger partial charge in [0.2, 0.25) is 0 Å². The number of carbonyl (C=O) groups is 2. The fourth-order valence-electron chi connectivity index (χ4n) is 1.62. The number of nitrogens with zero attached hydrogens (tertiary/aromatic N) is 2. The predicted molar refractivity (Wildman–Crippen MR) is 75.3 cm³/mol. The van der Waals surface area contributed by atoms with E-state index in [1.54, 1.807) is 27.0 Å². The molecule has 110 valence electrons. The van der Waals surface area contributed by atoms with Gasteiger partial charge in [0, 0.05) is 24.0 Å². The highest BCUT2D eigenvalue weighted by molar-refractivity contribution is 5.80. The summed E-state index contributed by atoms with van der Waals surface area (Å²) in [6.45, 7) is 7.26. The zero-order valence-electron chi connectivity index (χ0n) is 12.3. The van der Waals surface area contributed by atoms with Gasteiger partial charge in [-0.25, -0.2) is 4.79 Å². The predicted octanol–water partition coefficient (Wildman–Crippen LogP) is 1.78. The van der Waals surface area contributed by atoms with Crippen LogP contribution in [-0.4, -0.2) is 39.1 Å². The number of hydrogen-bond acceptors (Lipinski definition) is 3. The van der Waals surface area contributed by atoms with Crippen molar-refractivity contribution in [1.29, 1.82) is 0 Å². The number of hydrogen-bond donors (Lipinski definition) is 2. The molecule has 0 unspecified atom stereocenters. The number of aryl methyl sites for hydroxylation is 1. The monoisotopic (exact) mass is 279 g/mol. The van der Waals surface area contributed by atoms with Gasteiger partial charge in [-0.3, -0.25) is 9.78 Å². The van der Waals surface area contributed by atoms with E-state index >= 15 is 0 Å². The van der Waals surface area contributed by atoms with Crippen molar-refractivity contribution in [3.63, 3.8) is 0 Å². The lowest BCUT2D eigenvalue weighted by Crippen LogP contribution is -2.52. The molecule has 0 atom stereocenters. The fraction of sp³-hybridized carbons (Fsp3) is 0.500. The first kappa shape index (κ1) is 15.9. The standard InChI is InChI=1S/C14H21N3O3/c1-10-5-6-11(7-15-10)8-16-13(20)17(9-12(18)19)14(2,3)4/h5-7H,8-9H2,1-4H3,(H,16,20)(H,18,19). The smallest absolute Gasteiger partial charge is 0.323 e. The Labute approximate surface area is 118 Å². The van der Waals surface area contributed by atoms with Gasteiger partial charge < -0.3 is 15.3 Å². The molecule has 0 aliphatic heterocycles. The van der Waals surface area contributed by atoms with Crippen LogP contribution < -0.4 is 5.32 Å². The van der Waals surface area contributed by atoms with Crippen LogP contribution in [0.3, 0.4) is 0 Å². The van der Waals surface area contributed by atoms with E-state index < -0.39 is 17.5 Å². The number of pyridine rings is 1. The molecular weight excluding hydrogens is 258 g/mol.